The lowest BCUT2D eigenvalue weighted by Gasteiger charge is -2.05. The normalized spacial score (nSPS) is 13.5. The van der Waals surface area contributed by atoms with E-state index in [1.54, 1.807) is 18.2 Å². The standard InChI is InChI=1S/C21H20N2O6S2/c1-3-9-23-16-11-17-18(29-13-28-17)12-19(16)30-21(23)22-20(24)8-10-31(25,26)15-6-4-14(27-2)5-7-15/h3-7,11-12H,1,8-10,13H2,2H3. The van der Waals surface area contributed by atoms with Crippen molar-refractivity contribution in [2.45, 2.75) is 17.9 Å². The molecule has 2 aromatic carbocycles. The Morgan fingerprint density at radius 1 is 1.26 bits per heavy atom. The number of fused-ring (bicyclic) bond motifs is 2. The summed E-state index contributed by atoms with van der Waals surface area (Å²) in [5, 5.41) is 0. The van der Waals surface area contributed by atoms with Crippen molar-refractivity contribution in [2.75, 3.05) is 19.7 Å². The Morgan fingerprint density at radius 3 is 2.65 bits per heavy atom. The summed E-state index contributed by atoms with van der Waals surface area (Å²) in [7, 11) is -2.11. The van der Waals surface area contributed by atoms with Crippen LogP contribution in [0.5, 0.6) is 17.2 Å². The molecular weight excluding hydrogens is 440 g/mol. The highest BCUT2D eigenvalue weighted by Gasteiger charge is 2.19. The first kappa shape index (κ1) is 21.1. The third-order valence-corrected chi connectivity index (χ3v) is 7.49. The average molecular weight is 461 g/mol. The molecule has 1 aliphatic rings. The molecule has 162 valence electrons. The van der Waals surface area contributed by atoms with Crippen LogP contribution in [0, 0.1) is 0 Å². The molecule has 0 saturated carbocycles. The fourth-order valence-electron chi connectivity index (χ4n) is 3.14. The van der Waals surface area contributed by atoms with E-state index in [-0.39, 0.29) is 23.9 Å². The molecule has 2 heterocycles. The molecular formula is C21H20N2O6S2. The predicted octanol–water partition coefficient (Wildman–Crippen LogP) is 2.92. The van der Waals surface area contributed by atoms with Gasteiger partial charge in [-0.25, -0.2) is 8.42 Å². The second-order valence-corrected chi connectivity index (χ2v) is 9.83. The van der Waals surface area contributed by atoms with Crippen molar-refractivity contribution in [1.29, 1.82) is 0 Å². The minimum Gasteiger partial charge on any atom is -0.497 e. The van der Waals surface area contributed by atoms with Crippen molar-refractivity contribution in [3.63, 3.8) is 0 Å². The number of ether oxygens (including phenoxy) is 3. The van der Waals surface area contributed by atoms with Gasteiger partial charge in [-0.15, -0.1) is 6.58 Å². The summed E-state index contributed by atoms with van der Waals surface area (Å²) >= 11 is 1.32. The van der Waals surface area contributed by atoms with Gasteiger partial charge in [-0.2, -0.15) is 4.99 Å². The topological polar surface area (TPSA) is 96.2 Å². The number of hydrogen-bond donors (Lipinski definition) is 0. The smallest absolute Gasteiger partial charge is 0.249 e. The van der Waals surface area contributed by atoms with Crippen molar-refractivity contribution in [2.24, 2.45) is 4.99 Å². The van der Waals surface area contributed by atoms with Crippen LogP contribution in [0.2, 0.25) is 0 Å². The number of allylic oxidation sites excluding steroid dienone is 1. The van der Waals surface area contributed by atoms with Crippen molar-refractivity contribution in [3.8, 4) is 17.2 Å². The first-order chi connectivity index (χ1) is 14.9. The van der Waals surface area contributed by atoms with E-state index < -0.39 is 15.7 Å². The summed E-state index contributed by atoms with van der Waals surface area (Å²) in [6, 6.07) is 9.75. The maximum atomic E-state index is 12.5. The van der Waals surface area contributed by atoms with E-state index in [2.05, 4.69) is 11.6 Å². The van der Waals surface area contributed by atoms with E-state index in [0.29, 0.717) is 28.6 Å². The third-order valence-electron chi connectivity index (χ3n) is 4.71. The zero-order valence-electron chi connectivity index (χ0n) is 16.7. The van der Waals surface area contributed by atoms with E-state index in [1.165, 1.54) is 30.6 Å². The van der Waals surface area contributed by atoms with Crippen molar-refractivity contribution < 1.29 is 27.4 Å². The minimum absolute atomic E-state index is 0.138. The number of amides is 1. The van der Waals surface area contributed by atoms with Crippen LogP contribution in [-0.2, 0) is 21.2 Å². The average Bonchev–Trinajstić information content (AvgIpc) is 3.35. The lowest BCUT2D eigenvalue weighted by molar-refractivity contribution is -0.117. The van der Waals surface area contributed by atoms with Crippen LogP contribution in [0.1, 0.15) is 6.42 Å². The molecule has 0 spiro atoms. The number of benzene rings is 2. The summed E-state index contributed by atoms with van der Waals surface area (Å²) in [4.78, 5) is 17.3. The number of carbonyl (C=O) groups excluding carboxylic acids is 1. The van der Waals surface area contributed by atoms with Gasteiger partial charge in [0.05, 0.1) is 28.0 Å². The van der Waals surface area contributed by atoms with Crippen molar-refractivity contribution in [1.82, 2.24) is 4.57 Å². The van der Waals surface area contributed by atoms with Gasteiger partial charge in [-0.05, 0) is 24.3 Å². The molecule has 1 aliphatic heterocycles. The quantitative estimate of drug-likeness (QED) is 0.503. The van der Waals surface area contributed by atoms with E-state index in [1.807, 2.05) is 16.7 Å². The zero-order chi connectivity index (χ0) is 22.0. The van der Waals surface area contributed by atoms with Crippen LogP contribution < -0.4 is 19.0 Å². The van der Waals surface area contributed by atoms with Gasteiger partial charge in [0.15, 0.2) is 26.1 Å². The Balaban J connectivity index is 1.58. The minimum atomic E-state index is -3.61. The van der Waals surface area contributed by atoms with E-state index in [9.17, 15) is 13.2 Å². The molecule has 10 heteroatoms. The van der Waals surface area contributed by atoms with Crippen LogP contribution in [0.25, 0.3) is 10.2 Å². The van der Waals surface area contributed by atoms with Gasteiger partial charge in [-0.3, -0.25) is 4.79 Å². The molecule has 0 unspecified atom stereocenters. The second kappa shape index (κ2) is 8.56. The molecule has 0 radical (unpaired) electrons. The Kier molecular flexibility index (Phi) is 5.84. The van der Waals surface area contributed by atoms with Crippen molar-refractivity contribution in [3.05, 3.63) is 53.9 Å². The summed E-state index contributed by atoms with van der Waals surface area (Å²) in [5.74, 6) is 0.989. The van der Waals surface area contributed by atoms with E-state index in [4.69, 9.17) is 14.2 Å². The van der Waals surface area contributed by atoms with Crippen molar-refractivity contribution >= 4 is 37.3 Å². The van der Waals surface area contributed by atoms with Gasteiger partial charge in [0.1, 0.15) is 5.75 Å². The molecule has 0 fully saturated rings. The fourth-order valence-corrected chi connectivity index (χ4v) is 5.43. The summed E-state index contributed by atoms with van der Waals surface area (Å²) < 4.78 is 43.7. The third kappa shape index (κ3) is 4.35. The largest absolute Gasteiger partial charge is 0.497 e. The Bertz CT molecular complexity index is 1320. The highest BCUT2D eigenvalue weighted by Crippen LogP contribution is 2.37. The number of nitrogens with zero attached hydrogens (tertiary/aromatic N) is 2. The first-order valence-electron chi connectivity index (χ1n) is 9.39. The SMILES string of the molecule is C=CCn1c(=NC(=O)CCS(=O)(=O)c2ccc(OC)cc2)sc2cc3c(cc21)OCO3. The van der Waals surface area contributed by atoms with Gasteiger partial charge in [0, 0.05) is 25.1 Å². The van der Waals surface area contributed by atoms with Gasteiger partial charge in [0.2, 0.25) is 12.7 Å². The number of hydrogen-bond acceptors (Lipinski definition) is 7. The summed E-state index contributed by atoms with van der Waals surface area (Å²) in [6.45, 7) is 4.38. The molecule has 8 nitrogen and oxygen atoms in total. The summed E-state index contributed by atoms with van der Waals surface area (Å²) in [5.41, 5.74) is 0.839. The van der Waals surface area contributed by atoms with Gasteiger partial charge in [0.25, 0.3) is 0 Å². The molecule has 0 N–H and O–H groups in total. The highest BCUT2D eigenvalue weighted by atomic mass is 32.2. The predicted molar refractivity (Wildman–Crippen MR) is 116 cm³/mol. The zero-order valence-corrected chi connectivity index (χ0v) is 18.4. The van der Waals surface area contributed by atoms with E-state index >= 15 is 0 Å². The Hall–Kier alpha value is -3.11. The molecule has 3 aromatic rings. The second-order valence-electron chi connectivity index (χ2n) is 6.71. The Labute approximate surface area is 182 Å². The number of rotatable bonds is 7. The van der Waals surface area contributed by atoms with Crippen LogP contribution in [0.3, 0.4) is 0 Å². The monoisotopic (exact) mass is 460 g/mol. The number of carbonyl (C=O) groups is 1. The molecule has 0 atom stereocenters. The van der Waals surface area contributed by atoms with Gasteiger partial charge in [-0.1, -0.05) is 17.4 Å². The molecule has 0 aliphatic carbocycles. The highest BCUT2D eigenvalue weighted by molar-refractivity contribution is 7.91. The molecule has 4 rings (SSSR count). The van der Waals surface area contributed by atoms with E-state index in [0.717, 1.165) is 10.2 Å². The lowest BCUT2D eigenvalue weighted by atomic mass is 10.3. The number of methoxy groups -OCH3 is 1. The number of thiazole rings is 1. The van der Waals surface area contributed by atoms with Gasteiger partial charge < -0.3 is 18.8 Å². The van der Waals surface area contributed by atoms with Crippen LogP contribution in [0.15, 0.2) is 58.9 Å². The Morgan fingerprint density at radius 2 is 1.97 bits per heavy atom. The first-order valence-corrected chi connectivity index (χ1v) is 11.9. The number of sulfone groups is 1. The molecule has 0 bridgehead atoms. The summed E-state index contributed by atoms with van der Waals surface area (Å²) in [6.07, 6.45) is 1.48. The molecule has 1 amide bonds. The number of aromatic nitrogens is 1. The lowest BCUT2D eigenvalue weighted by Crippen LogP contribution is -2.17. The molecule has 0 saturated heterocycles. The maximum absolute atomic E-state index is 12.5. The van der Waals surface area contributed by atoms with Crippen LogP contribution >= 0.6 is 11.3 Å². The molecule has 1 aromatic heterocycles. The maximum Gasteiger partial charge on any atom is 0.249 e. The van der Waals surface area contributed by atoms with Crippen LogP contribution in [0.4, 0.5) is 0 Å². The van der Waals surface area contributed by atoms with Gasteiger partial charge >= 0.3 is 0 Å². The molecule has 31 heavy (non-hydrogen) atoms. The fraction of sp³-hybridized carbons (Fsp3) is 0.238. The van der Waals surface area contributed by atoms with Crippen LogP contribution in [-0.4, -0.2) is 38.5 Å².